The number of hydrogen-bond acceptors (Lipinski definition) is 5. The van der Waals surface area contributed by atoms with Gasteiger partial charge in [0.1, 0.15) is 21.9 Å². The molecule has 1 aliphatic rings. The number of thiophene rings is 1. The summed E-state index contributed by atoms with van der Waals surface area (Å²) in [6.45, 7) is 5.77. The molecule has 0 atom stereocenters. The summed E-state index contributed by atoms with van der Waals surface area (Å²) in [5.74, 6) is 0.450. The summed E-state index contributed by atoms with van der Waals surface area (Å²) < 4.78 is 2.06. The predicted octanol–water partition coefficient (Wildman–Crippen LogP) is 3.38. The highest BCUT2D eigenvalue weighted by molar-refractivity contribution is 7.25. The van der Waals surface area contributed by atoms with Crippen LogP contribution < -0.4 is 10.9 Å². The van der Waals surface area contributed by atoms with E-state index in [1.54, 1.807) is 6.92 Å². The lowest BCUT2D eigenvalue weighted by Gasteiger charge is -2.23. The molecule has 1 amide bonds. The number of rotatable bonds is 3. The summed E-state index contributed by atoms with van der Waals surface area (Å²) in [6, 6.07) is 2.24. The van der Waals surface area contributed by atoms with Gasteiger partial charge >= 0.3 is 0 Å². The molecule has 27 heavy (non-hydrogen) atoms. The van der Waals surface area contributed by atoms with Crippen molar-refractivity contribution in [3.05, 3.63) is 33.5 Å². The Kier molecular flexibility index (Phi) is 4.72. The highest BCUT2D eigenvalue weighted by Crippen LogP contribution is 2.32. The van der Waals surface area contributed by atoms with E-state index in [1.165, 1.54) is 22.3 Å². The molecule has 3 aromatic rings. The van der Waals surface area contributed by atoms with Gasteiger partial charge in [0.05, 0.1) is 5.52 Å². The molecule has 0 bridgehead atoms. The first-order chi connectivity index (χ1) is 12.9. The molecule has 142 valence electrons. The van der Waals surface area contributed by atoms with E-state index in [0.29, 0.717) is 16.0 Å². The predicted molar refractivity (Wildman–Crippen MR) is 108 cm³/mol. The molecular weight excluding hydrogens is 360 g/mol. The Balaban J connectivity index is 1.71. The van der Waals surface area contributed by atoms with Gasteiger partial charge in [-0.1, -0.05) is 19.3 Å². The van der Waals surface area contributed by atoms with Gasteiger partial charge < -0.3 is 5.32 Å². The molecule has 1 N–H and O–H groups in total. The van der Waals surface area contributed by atoms with Gasteiger partial charge in [-0.05, 0) is 45.2 Å². The van der Waals surface area contributed by atoms with E-state index in [-0.39, 0.29) is 24.1 Å². The van der Waals surface area contributed by atoms with Crippen molar-refractivity contribution in [2.75, 3.05) is 0 Å². The number of carbonyl (C=O) groups is 1. The fourth-order valence-corrected chi connectivity index (χ4v) is 5.20. The van der Waals surface area contributed by atoms with Gasteiger partial charge in [-0.3, -0.25) is 14.2 Å². The normalized spacial score (nSPS) is 15.5. The van der Waals surface area contributed by atoms with Crippen LogP contribution in [0.25, 0.3) is 20.4 Å². The van der Waals surface area contributed by atoms with Crippen LogP contribution in [-0.2, 0) is 11.3 Å². The summed E-state index contributed by atoms with van der Waals surface area (Å²) in [5.41, 5.74) is 2.54. The van der Waals surface area contributed by atoms with Gasteiger partial charge in [0.2, 0.25) is 5.91 Å². The second kappa shape index (κ2) is 7.03. The van der Waals surface area contributed by atoms with Crippen LogP contribution in [0.2, 0.25) is 0 Å². The van der Waals surface area contributed by atoms with Gasteiger partial charge in [-0.15, -0.1) is 11.3 Å². The maximum absolute atomic E-state index is 13.1. The fraction of sp³-hybridized carbons (Fsp3) is 0.500. The zero-order valence-electron chi connectivity index (χ0n) is 16.0. The summed E-state index contributed by atoms with van der Waals surface area (Å²) >= 11 is 1.36. The van der Waals surface area contributed by atoms with Crippen LogP contribution in [0.1, 0.15) is 49.2 Å². The van der Waals surface area contributed by atoms with Crippen molar-refractivity contribution >= 4 is 37.7 Å². The average Bonchev–Trinajstić information content (AvgIpc) is 2.98. The van der Waals surface area contributed by atoms with Crippen LogP contribution in [-0.4, -0.2) is 26.5 Å². The van der Waals surface area contributed by atoms with Crippen molar-refractivity contribution in [2.24, 2.45) is 0 Å². The van der Waals surface area contributed by atoms with Crippen molar-refractivity contribution in [1.82, 2.24) is 19.9 Å². The lowest BCUT2D eigenvalue weighted by atomic mass is 9.95. The molecule has 0 spiro atoms. The van der Waals surface area contributed by atoms with Gasteiger partial charge in [0.25, 0.3) is 5.56 Å². The van der Waals surface area contributed by atoms with Crippen molar-refractivity contribution in [3.63, 3.8) is 0 Å². The van der Waals surface area contributed by atoms with Crippen molar-refractivity contribution in [3.8, 4) is 0 Å². The summed E-state index contributed by atoms with van der Waals surface area (Å²) in [6.07, 6.45) is 5.61. The number of aryl methyl sites for hydroxylation is 3. The number of hydrogen-bond donors (Lipinski definition) is 1. The molecular formula is C20H24N4O2S. The Hall–Kier alpha value is -2.28. The second-order valence-corrected chi connectivity index (χ2v) is 8.49. The van der Waals surface area contributed by atoms with Crippen LogP contribution in [0, 0.1) is 20.8 Å². The van der Waals surface area contributed by atoms with Crippen LogP contribution >= 0.6 is 11.3 Å². The van der Waals surface area contributed by atoms with Crippen molar-refractivity contribution in [1.29, 1.82) is 0 Å². The fourth-order valence-electron chi connectivity index (χ4n) is 4.02. The smallest absolute Gasteiger partial charge is 0.272 e. The lowest BCUT2D eigenvalue weighted by Crippen LogP contribution is -2.40. The van der Waals surface area contributed by atoms with Gasteiger partial charge in [0, 0.05) is 17.1 Å². The molecule has 0 radical (unpaired) electrons. The third-order valence-corrected chi connectivity index (χ3v) is 6.40. The molecule has 1 fully saturated rings. The number of aromatic nitrogens is 3. The minimum Gasteiger partial charge on any atom is -0.352 e. The Bertz CT molecular complexity index is 1090. The van der Waals surface area contributed by atoms with E-state index in [1.807, 2.05) is 19.9 Å². The first-order valence-corrected chi connectivity index (χ1v) is 10.3. The lowest BCUT2D eigenvalue weighted by molar-refractivity contribution is -0.122. The van der Waals surface area contributed by atoms with Crippen LogP contribution in [0.3, 0.4) is 0 Å². The zero-order chi connectivity index (χ0) is 19.1. The second-order valence-electron chi connectivity index (χ2n) is 7.49. The van der Waals surface area contributed by atoms with Gasteiger partial charge in [-0.2, -0.15) is 0 Å². The third kappa shape index (κ3) is 3.36. The molecule has 0 unspecified atom stereocenters. The van der Waals surface area contributed by atoms with Gasteiger partial charge in [-0.25, -0.2) is 9.97 Å². The highest BCUT2D eigenvalue weighted by Gasteiger charge is 2.20. The molecule has 0 aromatic carbocycles. The highest BCUT2D eigenvalue weighted by atomic mass is 32.1. The number of fused-ring (bicyclic) bond motifs is 3. The van der Waals surface area contributed by atoms with E-state index in [9.17, 15) is 9.59 Å². The van der Waals surface area contributed by atoms with E-state index in [4.69, 9.17) is 0 Å². The first-order valence-electron chi connectivity index (χ1n) is 9.51. The quantitative estimate of drug-likeness (QED) is 0.751. The Morgan fingerprint density at radius 2 is 1.96 bits per heavy atom. The van der Waals surface area contributed by atoms with Gasteiger partial charge in [0.15, 0.2) is 0 Å². The van der Waals surface area contributed by atoms with E-state index in [0.717, 1.165) is 47.2 Å². The van der Waals surface area contributed by atoms with E-state index < -0.39 is 0 Å². The number of nitrogens with one attached hydrogen (secondary N) is 1. The molecule has 7 heteroatoms. The average molecular weight is 385 g/mol. The number of carbonyl (C=O) groups excluding carboxylic acids is 1. The van der Waals surface area contributed by atoms with Crippen molar-refractivity contribution in [2.45, 2.75) is 65.5 Å². The Labute approximate surface area is 161 Å². The molecule has 0 saturated heterocycles. The first kappa shape index (κ1) is 18.1. The standard InChI is InChI=1S/C20H24N4O2S/c1-11-9-12(2)21-19-16(11)17-18(27-19)20(26)24(13(3)22-17)10-15(25)23-14-7-5-4-6-8-14/h9,14H,4-8,10H2,1-3H3,(H,23,25). The summed E-state index contributed by atoms with van der Waals surface area (Å²) in [7, 11) is 0. The molecule has 0 aliphatic heterocycles. The van der Waals surface area contributed by atoms with Crippen LogP contribution in [0.5, 0.6) is 0 Å². The molecule has 3 heterocycles. The van der Waals surface area contributed by atoms with E-state index in [2.05, 4.69) is 15.3 Å². The Morgan fingerprint density at radius 3 is 2.70 bits per heavy atom. The maximum Gasteiger partial charge on any atom is 0.272 e. The summed E-state index contributed by atoms with van der Waals surface area (Å²) in [5, 5.41) is 4.02. The van der Waals surface area contributed by atoms with Crippen LogP contribution in [0.4, 0.5) is 0 Å². The minimum atomic E-state index is -0.156. The SMILES string of the molecule is Cc1cc(C)c2c(n1)sc1c(=O)n(CC(=O)NC3CCCCC3)c(C)nc12. The van der Waals surface area contributed by atoms with E-state index >= 15 is 0 Å². The molecule has 4 rings (SSSR count). The zero-order valence-corrected chi connectivity index (χ0v) is 16.8. The number of amides is 1. The molecule has 3 aromatic heterocycles. The molecule has 1 saturated carbocycles. The van der Waals surface area contributed by atoms with Crippen LogP contribution in [0.15, 0.2) is 10.9 Å². The monoisotopic (exact) mass is 384 g/mol. The Morgan fingerprint density at radius 1 is 1.22 bits per heavy atom. The third-order valence-electron chi connectivity index (χ3n) is 5.34. The number of nitrogens with zero attached hydrogens (tertiary/aromatic N) is 3. The summed E-state index contributed by atoms with van der Waals surface area (Å²) in [4.78, 5) is 35.6. The largest absolute Gasteiger partial charge is 0.352 e. The molecule has 1 aliphatic carbocycles. The molecule has 6 nitrogen and oxygen atoms in total. The minimum absolute atomic E-state index is 0.0176. The van der Waals surface area contributed by atoms with Crippen molar-refractivity contribution < 1.29 is 4.79 Å². The topological polar surface area (TPSA) is 76.9 Å². The maximum atomic E-state index is 13.1. The number of pyridine rings is 1.